The third kappa shape index (κ3) is 2.28. The van der Waals surface area contributed by atoms with Gasteiger partial charge in [-0.1, -0.05) is 30.3 Å². The molecular formula is C16H12N4O3S. The van der Waals surface area contributed by atoms with E-state index in [1.165, 1.54) is 11.2 Å². The molecule has 0 bridgehead atoms. The second-order valence-corrected chi connectivity index (χ2v) is 6.31. The van der Waals surface area contributed by atoms with Gasteiger partial charge < -0.3 is 10.4 Å². The van der Waals surface area contributed by atoms with Crippen LogP contribution >= 0.6 is 11.3 Å². The van der Waals surface area contributed by atoms with Crippen molar-refractivity contribution in [1.29, 1.82) is 0 Å². The molecule has 0 saturated heterocycles. The molecule has 0 spiro atoms. The average Bonchev–Trinajstić information content (AvgIpc) is 2.95. The van der Waals surface area contributed by atoms with Gasteiger partial charge in [0.15, 0.2) is 5.82 Å². The molecular weight excluding hydrogens is 328 g/mol. The van der Waals surface area contributed by atoms with Crippen molar-refractivity contribution in [3.63, 3.8) is 0 Å². The second-order valence-electron chi connectivity index (χ2n) is 5.31. The highest BCUT2D eigenvalue weighted by Crippen LogP contribution is 2.42. The fourth-order valence-electron chi connectivity index (χ4n) is 2.76. The van der Waals surface area contributed by atoms with Crippen LogP contribution in [0.25, 0.3) is 10.2 Å². The minimum atomic E-state index is -1.09. The normalized spacial score (nSPS) is 13.2. The predicted octanol–water partition coefficient (Wildman–Crippen LogP) is 2.98. The van der Waals surface area contributed by atoms with E-state index in [1.807, 2.05) is 30.3 Å². The van der Waals surface area contributed by atoms with E-state index in [4.69, 9.17) is 0 Å². The van der Waals surface area contributed by atoms with E-state index >= 15 is 0 Å². The van der Waals surface area contributed by atoms with Gasteiger partial charge in [0.25, 0.3) is 0 Å². The van der Waals surface area contributed by atoms with Crippen LogP contribution in [-0.2, 0) is 6.42 Å². The number of aromatic nitrogens is 2. The van der Waals surface area contributed by atoms with Gasteiger partial charge >= 0.3 is 12.0 Å². The highest BCUT2D eigenvalue weighted by atomic mass is 32.1. The van der Waals surface area contributed by atoms with Gasteiger partial charge in [-0.15, -0.1) is 11.3 Å². The summed E-state index contributed by atoms with van der Waals surface area (Å²) in [7, 11) is 0. The van der Waals surface area contributed by atoms with Crippen LogP contribution < -0.4 is 10.2 Å². The van der Waals surface area contributed by atoms with Gasteiger partial charge in [-0.2, -0.15) is 0 Å². The molecule has 2 N–H and O–H groups in total. The third-order valence-electron chi connectivity index (χ3n) is 3.86. The topological polar surface area (TPSA) is 95.4 Å². The number of rotatable bonds is 4. The zero-order valence-corrected chi connectivity index (χ0v) is 13.2. The van der Waals surface area contributed by atoms with Crippen molar-refractivity contribution in [3.05, 3.63) is 47.1 Å². The Morgan fingerprint density at radius 2 is 2.04 bits per heavy atom. The maximum Gasteiger partial charge on any atom is 0.348 e. The van der Waals surface area contributed by atoms with E-state index < -0.39 is 5.97 Å². The molecule has 0 atom stereocenters. The maximum absolute atomic E-state index is 12.5. The lowest BCUT2D eigenvalue weighted by Crippen LogP contribution is -2.39. The molecule has 24 heavy (non-hydrogen) atoms. The van der Waals surface area contributed by atoms with Crippen molar-refractivity contribution in [2.75, 3.05) is 16.8 Å². The Morgan fingerprint density at radius 1 is 1.25 bits per heavy atom. The summed E-state index contributed by atoms with van der Waals surface area (Å²) in [5.74, 6) is -0.629. The summed E-state index contributed by atoms with van der Waals surface area (Å²) < 4.78 is 0. The van der Waals surface area contributed by atoms with Crippen LogP contribution in [0.4, 0.5) is 16.3 Å². The average molecular weight is 340 g/mol. The fourth-order valence-corrected chi connectivity index (χ4v) is 3.69. The number of nitrogens with zero attached hydrogens (tertiary/aromatic N) is 3. The molecule has 2 aromatic heterocycles. The number of benzene rings is 1. The molecule has 0 saturated carbocycles. The van der Waals surface area contributed by atoms with Gasteiger partial charge in [0, 0.05) is 6.54 Å². The zero-order chi connectivity index (χ0) is 16.7. The monoisotopic (exact) mass is 340 g/mol. The van der Waals surface area contributed by atoms with E-state index in [0.717, 1.165) is 16.9 Å². The number of aromatic carboxylic acids is 1. The van der Waals surface area contributed by atoms with Crippen molar-refractivity contribution >= 4 is 45.1 Å². The Kier molecular flexibility index (Phi) is 3.39. The first-order valence-electron chi connectivity index (χ1n) is 7.28. The van der Waals surface area contributed by atoms with E-state index in [1.54, 1.807) is 0 Å². The molecule has 3 aromatic rings. The molecule has 1 aliphatic heterocycles. The van der Waals surface area contributed by atoms with Crippen molar-refractivity contribution < 1.29 is 14.7 Å². The van der Waals surface area contributed by atoms with Gasteiger partial charge in [0.05, 0.1) is 11.1 Å². The number of carboxylic acid groups (broad SMARTS) is 1. The molecule has 120 valence electrons. The lowest BCUT2D eigenvalue weighted by molar-refractivity contribution is 0.0703. The molecule has 3 heterocycles. The zero-order valence-electron chi connectivity index (χ0n) is 12.4. The lowest BCUT2D eigenvalue weighted by Gasteiger charge is -2.26. The Bertz CT molecular complexity index is 955. The molecule has 1 aromatic carbocycles. The molecule has 1 aliphatic rings. The smallest absolute Gasteiger partial charge is 0.348 e. The fraction of sp³-hybridized carbons (Fsp3) is 0.125. The number of carboxylic acids is 1. The predicted molar refractivity (Wildman–Crippen MR) is 90.9 cm³/mol. The third-order valence-corrected chi connectivity index (χ3v) is 4.95. The molecule has 4 rings (SSSR count). The molecule has 0 fully saturated rings. The van der Waals surface area contributed by atoms with Crippen molar-refractivity contribution in [3.8, 4) is 0 Å². The van der Waals surface area contributed by atoms with E-state index in [0.29, 0.717) is 34.7 Å². The van der Waals surface area contributed by atoms with Crippen LogP contribution in [0.3, 0.4) is 0 Å². The Balaban J connectivity index is 1.74. The first-order valence-corrected chi connectivity index (χ1v) is 8.10. The van der Waals surface area contributed by atoms with E-state index in [2.05, 4.69) is 15.3 Å². The van der Waals surface area contributed by atoms with Crippen molar-refractivity contribution in [2.24, 2.45) is 0 Å². The van der Waals surface area contributed by atoms with Gasteiger partial charge in [0.2, 0.25) is 0 Å². The number of carbonyl (C=O) groups excluding carboxylic acids is 1. The van der Waals surface area contributed by atoms with Crippen molar-refractivity contribution in [1.82, 2.24) is 9.97 Å². The van der Waals surface area contributed by atoms with Crippen LogP contribution in [0, 0.1) is 0 Å². The van der Waals surface area contributed by atoms with Crippen LogP contribution in [0.15, 0.2) is 36.7 Å². The highest BCUT2D eigenvalue weighted by molar-refractivity contribution is 7.21. The molecule has 8 heteroatoms. The summed E-state index contributed by atoms with van der Waals surface area (Å²) in [5.41, 5.74) is 1.40. The summed E-state index contributed by atoms with van der Waals surface area (Å²) in [6, 6.07) is 9.46. The van der Waals surface area contributed by atoms with Crippen LogP contribution in [0.2, 0.25) is 0 Å². The Labute approximate surface area is 140 Å². The lowest BCUT2D eigenvalue weighted by atomic mass is 10.1. The summed E-state index contributed by atoms with van der Waals surface area (Å²) in [4.78, 5) is 34.3. The molecule has 7 nitrogen and oxygen atoms in total. The number of carbonyl (C=O) groups is 2. The van der Waals surface area contributed by atoms with Gasteiger partial charge in [-0.05, 0) is 12.0 Å². The molecule has 0 radical (unpaired) electrons. The van der Waals surface area contributed by atoms with Crippen LogP contribution in [0.1, 0.15) is 15.2 Å². The summed E-state index contributed by atoms with van der Waals surface area (Å²) in [5, 5.41) is 12.6. The number of urea groups is 1. The SMILES string of the molecule is O=C(O)c1sc2ncnc3c2c1NC(=O)N3CCc1ccccc1. The molecule has 0 aliphatic carbocycles. The van der Waals surface area contributed by atoms with Gasteiger partial charge in [0.1, 0.15) is 16.0 Å². The number of anilines is 2. The Hall–Kier alpha value is -3.00. The second kappa shape index (κ2) is 5.57. The molecule has 2 amide bonds. The van der Waals surface area contributed by atoms with Gasteiger partial charge in [-0.25, -0.2) is 19.6 Å². The number of hydrogen-bond acceptors (Lipinski definition) is 5. The van der Waals surface area contributed by atoms with Crippen molar-refractivity contribution in [2.45, 2.75) is 6.42 Å². The number of nitrogens with one attached hydrogen (secondary N) is 1. The maximum atomic E-state index is 12.5. The molecule has 0 unspecified atom stereocenters. The quantitative estimate of drug-likeness (QED) is 0.761. The first kappa shape index (κ1) is 14.6. The minimum Gasteiger partial charge on any atom is -0.477 e. The Morgan fingerprint density at radius 3 is 2.79 bits per heavy atom. The first-order chi connectivity index (χ1) is 11.6. The number of hydrogen-bond donors (Lipinski definition) is 2. The minimum absolute atomic E-state index is 0.0720. The summed E-state index contributed by atoms with van der Waals surface area (Å²) in [6.07, 6.45) is 2.03. The largest absolute Gasteiger partial charge is 0.477 e. The highest BCUT2D eigenvalue weighted by Gasteiger charge is 2.32. The van der Waals surface area contributed by atoms with E-state index in [-0.39, 0.29) is 10.9 Å². The number of amides is 2. The number of thiophene rings is 1. The van der Waals surface area contributed by atoms with E-state index in [9.17, 15) is 14.7 Å². The van der Waals surface area contributed by atoms with Crippen LogP contribution in [0.5, 0.6) is 0 Å². The summed E-state index contributed by atoms with van der Waals surface area (Å²) >= 11 is 1.04. The summed E-state index contributed by atoms with van der Waals surface area (Å²) in [6.45, 7) is 0.444. The standard InChI is InChI=1S/C16H12N4O3S/c21-15(22)12-11-10-13(17-8-18-14(10)24-12)20(16(23)19-11)7-6-9-4-2-1-3-5-9/h1-5,8H,6-7H2,(H,19,23)(H,21,22). The van der Waals surface area contributed by atoms with Crippen LogP contribution in [-0.4, -0.2) is 33.6 Å². The van der Waals surface area contributed by atoms with Gasteiger partial charge in [-0.3, -0.25) is 4.90 Å².